The molecule has 1 aromatic rings. The summed E-state index contributed by atoms with van der Waals surface area (Å²) in [5.74, 6) is 3.40. The third-order valence-corrected chi connectivity index (χ3v) is 5.25. The van der Waals surface area contributed by atoms with Crippen LogP contribution in [0.2, 0.25) is 0 Å². The molecule has 1 fully saturated rings. The molecule has 0 radical (unpaired) electrons. The average molecular weight is 276 g/mol. The van der Waals surface area contributed by atoms with Gasteiger partial charge in [0, 0.05) is 24.5 Å². The first kappa shape index (κ1) is 12.8. The molecule has 0 spiro atoms. The second kappa shape index (κ2) is 5.04. The zero-order chi connectivity index (χ0) is 13.4. The summed E-state index contributed by atoms with van der Waals surface area (Å²) in [6.45, 7) is 0. The lowest BCUT2D eigenvalue weighted by atomic mass is 10.1. The Morgan fingerprint density at radius 2 is 2.37 bits per heavy atom. The number of aromatic nitrogens is 1. The largest absolute Gasteiger partial charge is 0.384 e. The van der Waals surface area contributed by atoms with Crippen molar-refractivity contribution in [1.82, 2.24) is 4.98 Å². The van der Waals surface area contributed by atoms with Crippen molar-refractivity contribution in [2.45, 2.75) is 31.7 Å². The van der Waals surface area contributed by atoms with Gasteiger partial charge in [-0.3, -0.25) is 5.41 Å². The van der Waals surface area contributed by atoms with Crippen LogP contribution in [0, 0.1) is 5.41 Å². The van der Waals surface area contributed by atoms with Gasteiger partial charge in [0.05, 0.1) is 5.56 Å². The molecule has 0 saturated carbocycles. The van der Waals surface area contributed by atoms with E-state index in [4.69, 9.17) is 16.1 Å². The number of amidine groups is 1. The number of nitrogens with two attached hydrogens (primary N) is 1. The van der Waals surface area contributed by atoms with Gasteiger partial charge in [0.2, 0.25) is 0 Å². The Kier molecular flexibility index (Phi) is 3.39. The lowest BCUT2D eigenvalue weighted by Gasteiger charge is -2.27. The Morgan fingerprint density at radius 3 is 3.05 bits per heavy atom. The van der Waals surface area contributed by atoms with E-state index in [0.29, 0.717) is 6.04 Å². The van der Waals surface area contributed by atoms with Crippen LogP contribution in [-0.4, -0.2) is 35.4 Å². The first-order valence-electron chi connectivity index (χ1n) is 6.84. The minimum atomic E-state index is 0.134. The molecule has 1 atom stereocenters. The Hall–Kier alpha value is -1.23. The first-order chi connectivity index (χ1) is 9.16. The Balaban J connectivity index is 2.00. The fourth-order valence-corrected chi connectivity index (χ4v) is 4.20. The predicted molar refractivity (Wildman–Crippen MR) is 81.4 cm³/mol. The normalized spacial score (nSPS) is 21.4. The summed E-state index contributed by atoms with van der Waals surface area (Å²) in [4.78, 5) is 7.05. The monoisotopic (exact) mass is 276 g/mol. The van der Waals surface area contributed by atoms with Crippen molar-refractivity contribution in [1.29, 1.82) is 5.41 Å². The van der Waals surface area contributed by atoms with Gasteiger partial charge in [-0.05, 0) is 43.1 Å². The van der Waals surface area contributed by atoms with Gasteiger partial charge >= 0.3 is 0 Å². The molecule has 1 aromatic heterocycles. The van der Waals surface area contributed by atoms with Crippen LogP contribution in [-0.2, 0) is 12.8 Å². The fourth-order valence-electron chi connectivity index (χ4n) is 2.93. The van der Waals surface area contributed by atoms with Crippen LogP contribution >= 0.6 is 11.8 Å². The SMILES string of the molecule is CN(c1nc2c(cc1C(=N)N)CCC2)C1CCSC1. The molecule has 0 bridgehead atoms. The number of aryl methyl sites for hydroxylation is 2. The lowest BCUT2D eigenvalue weighted by Crippen LogP contribution is -2.34. The summed E-state index contributed by atoms with van der Waals surface area (Å²) in [6, 6.07) is 2.61. The topological polar surface area (TPSA) is 66.0 Å². The van der Waals surface area contributed by atoms with Crippen molar-refractivity contribution in [3.8, 4) is 0 Å². The molecule has 1 aliphatic heterocycles. The Morgan fingerprint density at radius 1 is 1.53 bits per heavy atom. The molecule has 4 nitrogen and oxygen atoms in total. The highest BCUT2D eigenvalue weighted by Gasteiger charge is 2.25. The van der Waals surface area contributed by atoms with Gasteiger partial charge in [-0.25, -0.2) is 4.98 Å². The van der Waals surface area contributed by atoms with Crippen molar-refractivity contribution < 1.29 is 0 Å². The number of hydrogen-bond donors (Lipinski definition) is 2. The second-order valence-corrected chi connectivity index (χ2v) is 6.51. The van der Waals surface area contributed by atoms with Crippen LogP contribution in [0.15, 0.2) is 6.07 Å². The van der Waals surface area contributed by atoms with Crippen molar-refractivity contribution in [3.05, 3.63) is 22.9 Å². The van der Waals surface area contributed by atoms with Gasteiger partial charge in [0.25, 0.3) is 0 Å². The van der Waals surface area contributed by atoms with Crippen molar-refractivity contribution in [3.63, 3.8) is 0 Å². The number of thioether (sulfide) groups is 1. The molecule has 1 unspecified atom stereocenters. The number of rotatable bonds is 3. The van der Waals surface area contributed by atoms with E-state index in [2.05, 4.69) is 18.0 Å². The smallest absolute Gasteiger partial charge is 0.139 e. The molecule has 0 amide bonds. The van der Waals surface area contributed by atoms with Crippen LogP contribution < -0.4 is 10.6 Å². The van der Waals surface area contributed by atoms with E-state index < -0.39 is 0 Å². The summed E-state index contributed by atoms with van der Waals surface area (Å²) < 4.78 is 0. The van der Waals surface area contributed by atoms with Gasteiger partial charge in [0.15, 0.2) is 0 Å². The summed E-state index contributed by atoms with van der Waals surface area (Å²) in [5.41, 5.74) is 9.05. The number of hydrogen-bond acceptors (Lipinski definition) is 4. The van der Waals surface area contributed by atoms with Crippen molar-refractivity contribution >= 4 is 23.4 Å². The van der Waals surface area contributed by atoms with Crippen LogP contribution in [0.4, 0.5) is 5.82 Å². The van der Waals surface area contributed by atoms with E-state index in [1.165, 1.54) is 29.9 Å². The van der Waals surface area contributed by atoms with Crippen molar-refractivity contribution in [2.24, 2.45) is 5.73 Å². The first-order valence-corrected chi connectivity index (χ1v) is 8.00. The van der Waals surface area contributed by atoms with E-state index in [9.17, 15) is 0 Å². The maximum Gasteiger partial charge on any atom is 0.139 e. The molecule has 0 aromatic carbocycles. The minimum Gasteiger partial charge on any atom is -0.384 e. The van der Waals surface area contributed by atoms with Crippen LogP contribution in [0.5, 0.6) is 0 Å². The highest BCUT2D eigenvalue weighted by atomic mass is 32.2. The maximum atomic E-state index is 7.81. The second-order valence-electron chi connectivity index (χ2n) is 5.36. The Bertz CT molecular complexity index is 508. The van der Waals surface area contributed by atoms with E-state index in [1.807, 2.05) is 11.8 Å². The standard InChI is InChI=1S/C14H20N4S/c1-18(10-5-6-19-8-10)14-11(13(15)16)7-9-3-2-4-12(9)17-14/h7,10H,2-6,8H2,1H3,(H3,15,16). The van der Waals surface area contributed by atoms with Gasteiger partial charge in [-0.1, -0.05) is 0 Å². The summed E-state index contributed by atoms with van der Waals surface area (Å²) in [6.07, 6.45) is 4.50. The van der Waals surface area contributed by atoms with Gasteiger partial charge in [0.1, 0.15) is 11.7 Å². The van der Waals surface area contributed by atoms with Gasteiger partial charge in [-0.2, -0.15) is 11.8 Å². The molecule has 3 rings (SSSR count). The Labute approximate surface area is 118 Å². The van der Waals surface area contributed by atoms with Crippen molar-refractivity contribution in [2.75, 3.05) is 23.5 Å². The number of fused-ring (bicyclic) bond motifs is 1. The molecule has 3 N–H and O–H groups in total. The molecule has 19 heavy (non-hydrogen) atoms. The molecular formula is C14H20N4S. The zero-order valence-electron chi connectivity index (χ0n) is 11.3. The predicted octanol–water partition coefficient (Wildman–Crippen LogP) is 1.80. The number of pyridine rings is 1. The number of nitrogens with zero attached hydrogens (tertiary/aromatic N) is 2. The molecule has 2 aliphatic rings. The third kappa shape index (κ3) is 2.31. The molecule has 5 heteroatoms. The van der Waals surface area contributed by atoms with Gasteiger partial charge in [-0.15, -0.1) is 0 Å². The fraction of sp³-hybridized carbons (Fsp3) is 0.571. The average Bonchev–Trinajstić information content (AvgIpc) is 3.06. The third-order valence-electron chi connectivity index (χ3n) is 4.11. The molecule has 1 aliphatic carbocycles. The van der Waals surface area contributed by atoms with E-state index >= 15 is 0 Å². The molecule has 102 valence electrons. The summed E-state index contributed by atoms with van der Waals surface area (Å²) in [5, 5.41) is 7.81. The highest BCUT2D eigenvalue weighted by molar-refractivity contribution is 7.99. The quantitative estimate of drug-likeness (QED) is 0.652. The van der Waals surface area contributed by atoms with E-state index in [1.54, 1.807) is 0 Å². The maximum absolute atomic E-state index is 7.81. The van der Waals surface area contributed by atoms with Crippen LogP contribution in [0.25, 0.3) is 0 Å². The minimum absolute atomic E-state index is 0.134. The number of nitrogens with one attached hydrogen (secondary N) is 1. The molecule has 1 saturated heterocycles. The van der Waals surface area contributed by atoms with Crippen LogP contribution in [0.1, 0.15) is 29.7 Å². The van der Waals surface area contributed by atoms with E-state index in [0.717, 1.165) is 30.0 Å². The molecular weight excluding hydrogens is 256 g/mol. The summed E-state index contributed by atoms with van der Waals surface area (Å²) in [7, 11) is 2.09. The number of anilines is 1. The molecule has 2 heterocycles. The highest BCUT2D eigenvalue weighted by Crippen LogP contribution is 2.30. The van der Waals surface area contributed by atoms with Crippen LogP contribution in [0.3, 0.4) is 0 Å². The van der Waals surface area contributed by atoms with Gasteiger partial charge < -0.3 is 10.6 Å². The lowest BCUT2D eigenvalue weighted by molar-refractivity contribution is 0.689. The zero-order valence-corrected chi connectivity index (χ0v) is 12.1. The summed E-state index contributed by atoms with van der Waals surface area (Å²) >= 11 is 1.99. The van der Waals surface area contributed by atoms with E-state index in [-0.39, 0.29) is 5.84 Å². The number of nitrogen functional groups attached to an aromatic ring is 1.